The van der Waals surface area contributed by atoms with E-state index in [0.717, 1.165) is 18.5 Å². The first kappa shape index (κ1) is 16.2. The van der Waals surface area contributed by atoms with Crippen LogP contribution in [0.15, 0.2) is 16.8 Å². The molecule has 1 atom stereocenters. The highest BCUT2D eigenvalue weighted by Crippen LogP contribution is 2.27. The number of aryl methyl sites for hydroxylation is 2. The first-order valence-corrected chi connectivity index (χ1v) is 7.93. The number of carboxylic acid groups (broad SMARTS) is 1. The van der Waals surface area contributed by atoms with Crippen LogP contribution in [0, 0.1) is 13.8 Å². The Hall–Kier alpha value is -2.64. The number of piperidine rings is 1. The molecule has 0 radical (unpaired) electrons. The molecule has 0 bridgehead atoms. The highest BCUT2D eigenvalue weighted by Gasteiger charge is 2.29. The molecule has 1 saturated heterocycles. The van der Waals surface area contributed by atoms with Gasteiger partial charge in [-0.15, -0.1) is 0 Å². The van der Waals surface area contributed by atoms with Gasteiger partial charge in [0.1, 0.15) is 17.9 Å². The van der Waals surface area contributed by atoms with Crippen LogP contribution in [0.1, 0.15) is 46.3 Å². The van der Waals surface area contributed by atoms with Crippen LogP contribution in [0.5, 0.6) is 0 Å². The van der Waals surface area contributed by atoms with Gasteiger partial charge in [-0.1, -0.05) is 5.16 Å². The monoisotopic (exact) mass is 332 g/mol. The van der Waals surface area contributed by atoms with Crippen molar-refractivity contribution >= 4 is 11.9 Å². The molecule has 24 heavy (non-hydrogen) atoms. The zero-order valence-electron chi connectivity index (χ0n) is 13.7. The fourth-order valence-corrected chi connectivity index (χ4v) is 3.17. The predicted molar refractivity (Wildman–Crippen MR) is 83.7 cm³/mol. The number of likely N-dealkylation sites (tertiary alicyclic amines) is 1. The van der Waals surface area contributed by atoms with Crippen LogP contribution in [-0.2, 0) is 11.3 Å². The Morgan fingerprint density at radius 3 is 2.88 bits per heavy atom. The van der Waals surface area contributed by atoms with E-state index in [0.29, 0.717) is 30.1 Å². The minimum absolute atomic E-state index is 0.0686. The Morgan fingerprint density at radius 2 is 2.21 bits per heavy atom. The van der Waals surface area contributed by atoms with Gasteiger partial charge in [-0.05, 0) is 32.8 Å². The first-order chi connectivity index (χ1) is 11.5. The fourth-order valence-electron chi connectivity index (χ4n) is 3.17. The number of carbonyl (C=O) groups excluding carboxylic acids is 1. The minimum atomic E-state index is -0.927. The van der Waals surface area contributed by atoms with Crippen LogP contribution >= 0.6 is 0 Å². The molecule has 1 aliphatic rings. The summed E-state index contributed by atoms with van der Waals surface area (Å²) in [6.45, 7) is 4.59. The second-order valence-electron chi connectivity index (χ2n) is 6.12. The lowest BCUT2D eigenvalue weighted by molar-refractivity contribution is -0.137. The smallest absolute Gasteiger partial charge is 0.325 e. The Labute approximate surface area is 139 Å². The quantitative estimate of drug-likeness (QED) is 0.912. The van der Waals surface area contributed by atoms with Gasteiger partial charge in [0.25, 0.3) is 5.91 Å². The summed E-state index contributed by atoms with van der Waals surface area (Å²) in [5.41, 5.74) is 1.96. The van der Waals surface area contributed by atoms with Crippen molar-refractivity contribution in [2.75, 3.05) is 13.1 Å². The van der Waals surface area contributed by atoms with Crippen LogP contribution < -0.4 is 0 Å². The zero-order chi connectivity index (χ0) is 17.3. The van der Waals surface area contributed by atoms with Crippen molar-refractivity contribution in [2.45, 2.75) is 39.2 Å². The summed E-state index contributed by atoms with van der Waals surface area (Å²) in [6, 6.07) is 1.83. The van der Waals surface area contributed by atoms with E-state index in [-0.39, 0.29) is 18.4 Å². The van der Waals surface area contributed by atoms with Crippen LogP contribution in [0.3, 0.4) is 0 Å². The molecule has 0 spiro atoms. The van der Waals surface area contributed by atoms with Crippen molar-refractivity contribution in [3.05, 3.63) is 35.0 Å². The molecule has 1 N–H and O–H groups in total. The molecular formula is C16H20N4O4. The topological polar surface area (TPSA) is 101 Å². The Morgan fingerprint density at radius 1 is 1.42 bits per heavy atom. The van der Waals surface area contributed by atoms with Crippen molar-refractivity contribution < 1.29 is 19.2 Å². The summed E-state index contributed by atoms with van der Waals surface area (Å²) in [5.74, 6) is -0.354. The maximum absolute atomic E-state index is 12.8. The highest BCUT2D eigenvalue weighted by atomic mass is 16.5. The van der Waals surface area contributed by atoms with Crippen LogP contribution in [0.4, 0.5) is 0 Å². The summed E-state index contributed by atoms with van der Waals surface area (Å²) in [7, 11) is 0. The summed E-state index contributed by atoms with van der Waals surface area (Å²) in [4.78, 5) is 25.3. The normalized spacial score (nSPS) is 17.9. The predicted octanol–water partition coefficient (Wildman–Crippen LogP) is 1.59. The van der Waals surface area contributed by atoms with Gasteiger partial charge >= 0.3 is 5.97 Å². The number of nitrogens with zero attached hydrogens (tertiary/aromatic N) is 4. The number of hydrogen-bond acceptors (Lipinski definition) is 5. The number of aromatic nitrogens is 3. The molecule has 3 heterocycles. The van der Waals surface area contributed by atoms with Crippen molar-refractivity contribution in [3.63, 3.8) is 0 Å². The summed E-state index contributed by atoms with van der Waals surface area (Å²) in [5, 5.41) is 17.0. The SMILES string of the molecule is Cc1noc(C)c1C(=O)N1CCC[C@@H](c2ccn(CC(=O)O)n2)C1. The summed E-state index contributed by atoms with van der Waals surface area (Å²) >= 11 is 0. The van der Waals surface area contributed by atoms with E-state index in [1.807, 2.05) is 6.07 Å². The maximum atomic E-state index is 12.8. The van der Waals surface area contributed by atoms with E-state index in [2.05, 4.69) is 10.3 Å². The van der Waals surface area contributed by atoms with Gasteiger partial charge in [-0.25, -0.2) is 0 Å². The first-order valence-electron chi connectivity index (χ1n) is 7.93. The summed E-state index contributed by atoms with van der Waals surface area (Å²) in [6.07, 6.45) is 3.47. The average Bonchev–Trinajstić information content (AvgIpc) is 3.13. The molecule has 8 heteroatoms. The van der Waals surface area contributed by atoms with Gasteiger partial charge in [0.05, 0.1) is 11.4 Å². The lowest BCUT2D eigenvalue weighted by Gasteiger charge is -2.32. The van der Waals surface area contributed by atoms with Crippen molar-refractivity contribution in [1.82, 2.24) is 19.8 Å². The molecule has 0 saturated carbocycles. The number of rotatable bonds is 4. The molecule has 1 aliphatic heterocycles. The van der Waals surface area contributed by atoms with E-state index < -0.39 is 5.97 Å². The minimum Gasteiger partial charge on any atom is -0.480 e. The molecule has 2 aromatic rings. The largest absolute Gasteiger partial charge is 0.480 e. The number of aliphatic carboxylic acids is 1. The maximum Gasteiger partial charge on any atom is 0.325 e. The second-order valence-corrected chi connectivity index (χ2v) is 6.12. The molecule has 0 aromatic carbocycles. The second kappa shape index (κ2) is 6.46. The fraction of sp³-hybridized carbons (Fsp3) is 0.500. The Bertz CT molecular complexity index is 744. The van der Waals surface area contributed by atoms with Gasteiger partial charge in [-0.2, -0.15) is 5.10 Å². The molecular weight excluding hydrogens is 312 g/mol. The lowest BCUT2D eigenvalue weighted by Crippen LogP contribution is -2.39. The number of carboxylic acids is 1. The van der Waals surface area contributed by atoms with E-state index >= 15 is 0 Å². The molecule has 0 unspecified atom stereocenters. The summed E-state index contributed by atoms with van der Waals surface area (Å²) < 4.78 is 6.50. The molecule has 128 valence electrons. The molecule has 1 fully saturated rings. The van der Waals surface area contributed by atoms with Gasteiger partial charge in [-0.3, -0.25) is 14.3 Å². The van der Waals surface area contributed by atoms with Crippen molar-refractivity contribution in [1.29, 1.82) is 0 Å². The van der Waals surface area contributed by atoms with Gasteiger partial charge < -0.3 is 14.5 Å². The van der Waals surface area contributed by atoms with E-state index in [1.165, 1.54) is 4.68 Å². The van der Waals surface area contributed by atoms with E-state index in [1.54, 1.807) is 24.9 Å². The number of carbonyl (C=O) groups is 2. The van der Waals surface area contributed by atoms with Gasteiger partial charge in [0, 0.05) is 25.2 Å². The number of amides is 1. The molecule has 0 aliphatic carbocycles. The lowest BCUT2D eigenvalue weighted by atomic mass is 9.94. The average molecular weight is 332 g/mol. The Balaban J connectivity index is 1.73. The number of hydrogen-bond donors (Lipinski definition) is 1. The van der Waals surface area contributed by atoms with Crippen molar-refractivity contribution in [3.8, 4) is 0 Å². The third-order valence-electron chi connectivity index (χ3n) is 4.33. The van der Waals surface area contributed by atoms with E-state index in [4.69, 9.17) is 9.63 Å². The van der Waals surface area contributed by atoms with Crippen molar-refractivity contribution in [2.24, 2.45) is 0 Å². The third kappa shape index (κ3) is 3.17. The van der Waals surface area contributed by atoms with Crippen LogP contribution in [0.2, 0.25) is 0 Å². The molecule has 3 rings (SSSR count). The van der Waals surface area contributed by atoms with Gasteiger partial charge in [0.15, 0.2) is 0 Å². The highest BCUT2D eigenvalue weighted by molar-refractivity contribution is 5.96. The zero-order valence-corrected chi connectivity index (χ0v) is 13.7. The molecule has 2 aromatic heterocycles. The van der Waals surface area contributed by atoms with Crippen LogP contribution in [0.25, 0.3) is 0 Å². The van der Waals surface area contributed by atoms with E-state index in [9.17, 15) is 9.59 Å². The Kier molecular flexibility index (Phi) is 4.37. The van der Waals surface area contributed by atoms with Crippen LogP contribution in [-0.4, -0.2) is 49.9 Å². The van der Waals surface area contributed by atoms with Gasteiger partial charge in [0.2, 0.25) is 0 Å². The third-order valence-corrected chi connectivity index (χ3v) is 4.33. The molecule has 8 nitrogen and oxygen atoms in total. The standard InChI is InChI=1S/C16H20N4O4/c1-10-15(11(2)24-18-10)16(23)19-6-3-4-12(8-19)13-5-7-20(17-13)9-14(21)22/h5,7,12H,3-4,6,8-9H2,1-2H3,(H,21,22)/t12-/m1/s1. The molecule has 1 amide bonds.